The Hall–Kier alpha value is -1.95. The second kappa shape index (κ2) is 3.90. The summed E-state index contributed by atoms with van der Waals surface area (Å²) in [5.74, 6) is -0.517. The lowest BCUT2D eigenvalue weighted by Gasteiger charge is -1.96. The maximum absolute atomic E-state index is 10.9. The van der Waals surface area contributed by atoms with E-state index in [0.29, 0.717) is 22.0 Å². The van der Waals surface area contributed by atoms with Crippen LogP contribution in [0.2, 0.25) is 0 Å². The number of hydrogen-bond donors (Lipinski definition) is 2. The third kappa shape index (κ3) is 1.63. The third-order valence-electron chi connectivity index (χ3n) is 2.16. The molecule has 6 heteroatoms. The minimum Gasteiger partial charge on any atom is -0.477 e. The number of aromatic nitrogens is 2. The second-order valence-electron chi connectivity index (χ2n) is 3.18. The molecule has 0 radical (unpaired) electrons. The molecule has 2 aromatic rings. The number of rotatable bonds is 2. The zero-order valence-electron chi connectivity index (χ0n) is 8.47. The smallest absolute Gasteiger partial charge is 0.348 e. The molecule has 0 bridgehead atoms. The Kier molecular flexibility index (Phi) is 2.57. The normalized spacial score (nSPS) is 10.3. The number of carboxylic acids is 1. The predicted octanol–water partition coefficient (Wildman–Crippen LogP) is 1.79. The Labute approximate surface area is 95.6 Å². The van der Waals surface area contributed by atoms with Crippen molar-refractivity contribution in [3.8, 4) is 10.7 Å². The average Bonchev–Trinajstić information content (AvgIpc) is 2.58. The van der Waals surface area contributed by atoms with Crippen LogP contribution in [-0.4, -0.2) is 21.0 Å². The molecule has 5 nitrogen and oxygen atoms in total. The van der Waals surface area contributed by atoms with Crippen molar-refractivity contribution >= 4 is 23.0 Å². The molecular formula is C10H9N3O2S. The fourth-order valence-corrected chi connectivity index (χ4v) is 2.33. The van der Waals surface area contributed by atoms with Gasteiger partial charge in [0.1, 0.15) is 4.88 Å². The quantitative estimate of drug-likeness (QED) is 0.828. The molecule has 2 rings (SSSR count). The Bertz CT molecular complexity index is 536. The highest BCUT2D eigenvalue weighted by molar-refractivity contribution is 7.18. The third-order valence-corrected chi connectivity index (χ3v) is 3.45. The zero-order valence-corrected chi connectivity index (χ0v) is 9.28. The molecule has 0 atom stereocenters. The molecule has 16 heavy (non-hydrogen) atoms. The molecule has 0 unspecified atom stereocenters. The van der Waals surface area contributed by atoms with Gasteiger partial charge < -0.3 is 10.8 Å². The van der Waals surface area contributed by atoms with Gasteiger partial charge in [0.2, 0.25) is 0 Å². The van der Waals surface area contributed by atoms with Crippen LogP contribution in [0.1, 0.15) is 15.2 Å². The van der Waals surface area contributed by atoms with Gasteiger partial charge in [-0.3, -0.25) is 0 Å². The highest BCUT2D eigenvalue weighted by Gasteiger charge is 2.19. The summed E-state index contributed by atoms with van der Waals surface area (Å²) >= 11 is 1.10. The largest absolute Gasteiger partial charge is 0.477 e. The predicted molar refractivity (Wildman–Crippen MR) is 61.5 cm³/mol. The number of thiophene rings is 1. The SMILES string of the molecule is Cc1c(-c2ncccn2)sc(C(=O)O)c1N. The van der Waals surface area contributed by atoms with Crippen LogP contribution in [0.4, 0.5) is 5.69 Å². The highest BCUT2D eigenvalue weighted by atomic mass is 32.1. The standard InChI is InChI=1S/C10H9N3O2S/c1-5-6(11)8(10(14)15)16-7(5)9-12-3-2-4-13-9/h2-4H,11H2,1H3,(H,14,15). The summed E-state index contributed by atoms with van der Waals surface area (Å²) in [4.78, 5) is 19.9. The first-order valence-corrected chi connectivity index (χ1v) is 5.32. The van der Waals surface area contributed by atoms with E-state index in [1.807, 2.05) is 0 Å². The Morgan fingerprint density at radius 3 is 2.56 bits per heavy atom. The van der Waals surface area contributed by atoms with Crippen LogP contribution in [0, 0.1) is 6.92 Å². The van der Waals surface area contributed by atoms with Crippen LogP contribution in [0.15, 0.2) is 18.5 Å². The highest BCUT2D eigenvalue weighted by Crippen LogP contribution is 2.36. The lowest BCUT2D eigenvalue weighted by Crippen LogP contribution is -1.97. The second-order valence-corrected chi connectivity index (χ2v) is 4.20. The van der Waals surface area contributed by atoms with E-state index in [-0.39, 0.29) is 4.88 Å². The molecule has 0 spiro atoms. The van der Waals surface area contributed by atoms with E-state index in [2.05, 4.69) is 9.97 Å². The lowest BCUT2D eigenvalue weighted by molar-refractivity contribution is 0.0703. The maximum Gasteiger partial charge on any atom is 0.348 e. The summed E-state index contributed by atoms with van der Waals surface area (Å²) in [6, 6.07) is 1.70. The molecule has 3 N–H and O–H groups in total. The maximum atomic E-state index is 10.9. The molecule has 2 heterocycles. The summed E-state index contributed by atoms with van der Waals surface area (Å²) in [5.41, 5.74) is 6.72. The number of hydrogen-bond acceptors (Lipinski definition) is 5. The van der Waals surface area contributed by atoms with Gasteiger partial charge in [0, 0.05) is 12.4 Å². The zero-order chi connectivity index (χ0) is 11.7. The van der Waals surface area contributed by atoms with E-state index in [1.54, 1.807) is 25.4 Å². The van der Waals surface area contributed by atoms with E-state index in [0.717, 1.165) is 11.3 Å². The minimum absolute atomic E-state index is 0.139. The van der Waals surface area contributed by atoms with Crippen molar-refractivity contribution in [3.63, 3.8) is 0 Å². The van der Waals surface area contributed by atoms with Gasteiger partial charge in [-0.1, -0.05) is 0 Å². The monoisotopic (exact) mass is 235 g/mol. The molecule has 0 aliphatic heterocycles. The van der Waals surface area contributed by atoms with Gasteiger partial charge >= 0.3 is 5.97 Å². The van der Waals surface area contributed by atoms with Crippen LogP contribution in [-0.2, 0) is 0 Å². The number of nitrogen functional groups attached to an aromatic ring is 1. The van der Waals surface area contributed by atoms with E-state index in [1.165, 1.54) is 0 Å². The number of carboxylic acid groups (broad SMARTS) is 1. The molecular weight excluding hydrogens is 226 g/mol. The molecule has 0 amide bonds. The van der Waals surface area contributed by atoms with Crippen LogP contribution >= 0.6 is 11.3 Å². The fourth-order valence-electron chi connectivity index (χ4n) is 1.31. The average molecular weight is 235 g/mol. The topological polar surface area (TPSA) is 89.1 Å². The van der Waals surface area contributed by atoms with E-state index in [9.17, 15) is 4.79 Å². The fraction of sp³-hybridized carbons (Fsp3) is 0.100. The summed E-state index contributed by atoms with van der Waals surface area (Å²) in [6.07, 6.45) is 3.22. The minimum atomic E-state index is -1.02. The van der Waals surface area contributed by atoms with Crippen molar-refractivity contribution in [1.29, 1.82) is 0 Å². The van der Waals surface area contributed by atoms with Gasteiger partial charge in [-0.2, -0.15) is 0 Å². The Balaban J connectivity index is 2.60. The van der Waals surface area contributed by atoms with Gasteiger partial charge in [-0.05, 0) is 18.6 Å². The van der Waals surface area contributed by atoms with Crippen molar-refractivity contribution in [2.45, 2.75) is 6.92 Å². The summed E-state index contributed by atoms with van der Waals surface area (Å²) in [7, 11) is 0. The van der Waals surface area contributed by atoms with Crippen LogP contribution < -0.4 is 5.73 Å². The molecule has 0 saturated carbocycles. The van der Waals surface area contributed by atoms with Gasteiger partial charge in [0.15, 0.2) is 5.82 Å². The number of carbonyl (C=O) groups is 1. The summed E-state index contributed by atoms with van der Waals surface area (Å²) in [5, 5.41) is 8.94. The molecule has 0 fully saturated rings. The summed E-state index contributed by atoms with van der Waals surface area (Å²) < 4.78 is 0. The Morgan fingerprint density at radius 2 is 2.06 bits per heavy atom. The van der Waals surface area contributed by atoms with Crippen LogP contribution in [0.25, 0.3) is 10.7 Å². The number of nitrogens with zero attached hydrogens (tertiary/aromatic N) is 2. The van der Waals surface area contributed by atoms with Crippen molar-refractivity contribution < 1.29 is 9.90 Å². The lowest BCUT2D eigenvalue weighted by atomic mass is 10.2. The van der Waals surface area contributed by atoms with E-state index >= 15 is 0 Å². The van der Waals surface area contributed by atoms with E-state index < -0.39 is 5.97 Å². The van der Waals surface area contributed by atoms with Crippen molar-refractivity contribution in [3.05, 3.63) is 28.9 Å². The number of nitrogens with two attached hydrogens (primary N) is 1. The Morgan fingerprint density at radius 1 is 1.44 bits per heavy atom. The van der Waals surface area contributed by atoms with Gasteiger partial charge in [0.05, 0.1) is 10.6 Å². The van der Waals surface area contributed by atoms with E-state index in [4.69, 9.17) is 10.8 Å². The van der Waals surface area contributed by atoms with Crippen molar-refractivity contribution in [2.24, 2.45) is 0 Å². The first-order chi connectivity index (χ1) is 7.61. The van der Waals surface area contributed by atoms with Gasteiger partial charge in [-0.25, -0.2) is 14.8 Å². The van der Waals surface area contributed by atoms with Crippen molar-refractivity contribution in [1.82, 2.24) is 9.97 Å². The molecule has 0 aliphatic rings. The molecule has 82 valence electrons. The van der Waals surface area contributed by atoms with Crippen LogP contribution in [0.3, 0.4) is 0 Å². The number of anilines is 1. The molecule has 2 aromatic heterocycles. The molecule has 0 aliphatic carbocycles. The molecule has 0 saturated heterocycles. The first kappa shape index (κ1) is 10.6. The van der Waals surface area contributed by atoms with Gasteiger partial charge in [0.25, 0.3) is 0 Å². The number of aromatic carboxylic acids is 1. The first-order valence-electron chi connectivity index (χ1n) is 4.50. The van der Waals surface area contributed by atoms with Crippen molar-refractivity contribution in [2.75, 3.05) is 5.73 Å². The summed E-state index contributed by atoms with van der Waals surface area (Å²) in [6.45, 7) is 1.77. The van der Waals surface area contributed by atoms with Crippen LogP contribution in [0.5, 0.6) is 0 Å². The van der Waals surface area contributed by atoms with Gasteiger partial charge in [-0.15, -0.1) is 11.3 Å². The molecule has 0 aromatic carbocycles.